The van der Waals surface area contributed by atoms with E-state index in [2.05, 4.69) is 16.0 Å². The van der Waals surface area contributed by atoms with Crippen LogP contribution in [0.25, 0.3) is 0 Å². The third-order valence-corrected chi connectivity index (χ3v) is 8.33. The molecule has 1 heterocycles. The highest BCUT2D eigenvalue weighted by Crippen LogP contribution is 2.60. The lowest BCUT2D eigenvalue weighted by molar-refractivity contribution is -0.146. The monoisotopic (exact) mass is 497 g/mol. The minimum Gasteiger partial charge on any atom is -0.459 e. The summed E-state index contributed by atoms with van der Waals surface area (Å²) in [5.74, 6) is 2.11. The summed E-state index contributed by atoms with van der Waals surface area (Å²) in [4.78, 5) is 38.0. The molecule has 37 heavy (non-hydrogen) atoms. The number of rotatable bonds is 7. The first-order valence-electron chi connectivity index (χ1n) is 13.1. The van der Waals surface area contributed by atoms with Gasteiger partial charge in [0.1, 0.15) is 0 Å². The van der Waals surface area contributed by atoms with Crippen LogP contribution in [0.4, 0.5) is 11.4 Å². The molecule has 0 radical (unpaired) electrons. The van der Waals surface area contributed by atoms with Crippen LogP contribution in [0.3, 0.4) is 0 Å². The Balaban J connectivity index is 1.01. The van der Waals surface area contributed by atoms with Crippen LogP contribution in [0.2, 0.25) is 0 Å². The molecule has 3 aromatic rings. The van der Waals surface area contributed by atoms with Crippen molar-refractivity contribution in [3.05, 3.63) is 83.8 Å². The van der Waals surface area contributed by atoms with Gasteiger partial charge in [0.2, 0.25) is 5.91 Å². The fourth-order valence-corrected chi connectivity index (χ4v) is 6.97. The molecule has 7 rings (SSSR count). The number of furan rings is 1. The number of amides is 3. The zero-order chi connectivity index (χ0) is 25.4. The predicted octanol–water partition coefficient (Wildman–Crippen LogP) is 5.62. The van der Waals surface area contributed by atoms with Crippen molar-refractivity contribution in [3.63, 3.8) is 0 Å². The third kappa shape index (κ3) is 4.90. The SMILES string of the molecule is O=C(Nc1ccc(NC(=O)c2ccco2)cc1)c1ccc(CNC(=O)C23CC4CC(CC(C4)C2)C3)cc1. The molecule has 0 spiro atoms. The van der Waals surface area contributed by atoms with Gasteiger partial charge in [-0.3, -0.25) is 14.4 Å². The van der Waals surface area contributed by atoms with E-state index in [0.29, 0.717) is 23.5 Å². The topological polar surface area (TPSA) is 100 Å². The fourth-order valence-electron chi connectivity index (χ4n) is 6.97. The highest BCUT2D eigenvalue weighted by Gasteiger charge is 2.54. The van der Waals surface area contributed by atoms with E-state index in [0.717, 1.165) is 42.6 Å². The summed E-state index contributed by atoms with van der Waals surface area (Å²) in [6.07, 6.45) is 8.58. The lowest BCUT2D eigenvalue weighted by atomic mass is 9.49. The molecule has 7 heteroatoms. The van der Waals surface area contributed by atoms with Crippen LogP contribution in [0.5, 0.6) is 0 Å². The lowest BCUT2D eigenvalue weighted by Crippen LogP contribution is -2.53. The molecule has 0 saturated heterocycles. The van der Waals surface area contributed by atoms with Crippen LogP contribution < -0.4 is 16.0 Å². The second kappa shape index (κ2) is 9.54. The maximum Gasteiger partial charge on any atom is 0.291 e. The van der Waals surface area contributed by atoms with E-state index >= 15 is 0 Å². The Morgan fingerprint density at radius 3 is 1.86 bits per heavy atom. The highest BCUT2D eigenvalue weighted by atomic mass is 16.3. The van der Waals surface area contributed by atoms with Crippen molar-refractivity contribution in [2.45, 2.75) is 45.1 Å². The van der Waals surface area contributed by atoms with Crippen LogP contribution in [-0.2, 0) is 11.3 Å². The summed E-state index contributed by atoms with van der Waals surface area (Å²) in [5.41, 5.74) is 2.58. The van der Waals surface area contributed by atoms with Gasteiger partial charge in [0, 0.05) is 28.9 Å². The van der Waals surface area contributed by atoms with Crippen molar-refractivity contribution >= 4 is 29.1 Å². The molecular weight excluding hydrogens is 466 g/mol. The van der Waals surface area contributed by atoms with E-state index in [9.17, 15) is 14.4 Å². The molecule has 7 nitrogen and oxygen atoms in total. The van der Waals surface area contributed by atoms with Gasteiger partial charge in [-0.1, -0.05) is 12.1 Å². The standard InChI is InChI=1S/C30H31N3O4/c34-27(32-24-7-9-25(10-8-24)33-28(35)26-2-1-11-37-26)23-5-3-19(4-6-23)18-31-29(36)30-15-20-12-21(16-30)14-22(13-20)17-30/h1-11,20-22H,12-18H2,(H,31,36)(H,32,34)(H,33,35). The molecule has 0 atom stereocenters. The first kappa shape index (κ1) is 23.5. The van der Waals surface area contributed by atoms with Crippen molar-refractivity contribution in [1.29, 1.82) is 0 Å². The first-order chi connectivity index (χ1) is 18.0. The Hall–Kier alpha value is -3.87. The largest absolute Gasteiger partial charge is 0.459 e. The molecule has 2 aromatic carbocycles. The molecule has 0 aliphatic heterocycles. The maximum absolute atomic E-state index is 13.2. The van der Waals surface area contributed by atoms with E-state index in [-0.39, 0.29) is 28.9 Å². The minimum absolute atomic E-state index is 0.147. The van der Waals surface area contributed by atoms with Crippen molar-refractivity contribution < 1.29 is 18.8 Å². The van der Waals surface area contributed by atoms with Gasteiger partial charge >= 0.3 is 0 Å². The Morgan fingerprint density at radius 1 is 0.757 bits per heavy atom. The van der Waals surface area contributed by atoms with Crippen LogP contribution in [0.15, 0.2) is 71.3 Å². The average Bonchev–Trinajstić information content (AvgIpc) is 3.43. The number of hydrogen-bond acceptors (Lipinski definition) is 4. The maximum atomic E-state index is 13.2. The van der Waals surface area contributed by atoms with Gasteiger partial charge in [-0.15, -0.1) is 0 Å². The molecule has 3 N–H and O–H groups in total. The normalized spacial score (nSPS) is 25.5. The summed E-state index contributed by atoms with van der Waals surface area (Å²) in [6, 6.07) is 17.5. The van der Waals surface area contributed by atoms with E-state index in [4.69, 9.17) is 4.42 Å². The second-order valence-corrected chi connectivity index (χ2v) is 11.0. The van der Waals surface area contributed by atoms with Gasteiger partial charge < -0.3 is 20.4 Å². The smallest absolute Gasteiger partial charge is 0.291 e. The second-order valence-electron chi connectivity index (χ2n) is 11.0. The van der Waals surface area contributed by atoms with E-state index in [1.165, 1.54) is 25.5 Å². The van der Waals surface area contributed by atoms with Gasteiger partial charge in [-0.05, 0) is 110 Å². The van der Waals surface area contributed by atoms with Crippen molar-refractivity contribution in [2.24, 2.45) is 23.2 Å². The Labute approximate surface area is 216 Å². The van der Waals surface area contributed by atoms with Gasteiger partial charge in [0.05, 0.1) is 6.26 Å². The molecule has 4 saturated carbocycles. The lowest BCUT2D eigenvalue weighted by Gasteiger charge is -2.55. The van der Waals surface area contributed by atoms with Crippen LogP contribution >= 0.6 is 0 Å². The summed E-state index contributed by atoms with van der Waals surface area (Å²) in [5, 5.41) is 8.81. The van der Waals surface area contributed by atoms with Gasteiger partial charge in [-0.2, -0.15) is 0 Å². The Kier molecular flexibility index (Phi) is 6.07. The summed E-state index contributed by atoms with van der Waals surface area (Å²) in [6.45, 7) is 0.480. The van der Waals surface area contributed by atoms with E-state index < -0.39 is 0 Å². The van der Waals surface area contributed by atoms with Crippen molar-refractivity contribution in [3.8, 4) is 0 Å². The van der Waals surface area contributed by atoms with Crippen LogP contribution in [-0.4, -0.2) is 17.7 Å². The Morgan fingerprint density at radius 2 is 1.32 bits per heavy atom. The number of nitrogens with one attached hydrogen (secondary N) is 3. The number of benzene rings is 2. The minimum atomic E-state index is -0.337. The van der Waals surface area contributed by atoms with Crippen LogP contribution in [0.1, 0.15) is 65.0 Å². The predicted molar refractivity (Wildman–Crippen MR) is 140 cm³/mol. The van der Waals surface area contributed by atoms with Crippen molar-refractivity contribution in [1.82, 2.24) is 5.32 Å². The van der Waals surface area contributed by atoms with Gasteiger partial charge in [-0.25, -0.2) is 0 Å². The number of hydrogen-bond donors (Lipinski definition) is 3. The molecule has 0 unspecified atom stereocenters. The summed E-state index contributed by atoms with van der Waals surface area (Å²) < 4.78 is 5.09. The molecular formula is C30H31N3O4. The first-order valence-corrected chi connectivity index (χ1v) is 13.1. The zero-order valence-electron chi connectivity index (χ0n) is 20.7. The molecule has 1 aromatic heterocycles. The number of anilines is 2. The quantitative estimate of drug-likeness (QED) is 0.395. The number of carbonyl (C=O) groups excluding carboxylic acids is 3. The zero-order valence-corrected chi connectivity index (χ0v) is 20.7. The average molecular weight is 498 g/mol. The highest BCUT2D eigenvalue weighted by molar-refractivity contribution is 6.05. The molecule has 4 aliphatic carbocycles. The summed E-state index contributed by atoms with van der Waals surface area (Å²) >= 11 is 0. The third-order valence-electron chi connectivity index (χ3n) is 8.33. The van der Waals surface area contributed by atoms with Gasteiger partial charge in [0.15, 0.2) is 5.76 Å². The fraction of sp³-hybridized carbons (Fsp3) is 0.367. The van der Waals surface area contributed by atoms with E-state index in [1.807, 2.05) is 12.1 Å². The van der Waals surface area contributed by atoms with E-state index in [1.54, 1.807) is 48.5 Å². The molecule has 4 fully saturated rings. The van der Waals surface area contributed by atoms with Crippen molar-refractivity contribution in [2.75, 3.05) is 10.6 Å². The molecule has 4 aliphatic rings. The summed E-state index contributed by atoms with van der Waals surface area (Å²) in [7, 11) is 0. The molecule has 190 valence electrons. The van der Waals surface area contributed by atoms with Gasteiger partial charge in [0.25, 0.3) is 11.8 Å². The molecule has 4 bridgehead atoms. The number of carbonyl (C=O) groups is 3. The van der Waals surface area contributed by atoms with Crippen LogP contribution in [0, 0.1) is 23.2 Å². The Bertz CT molecular complexity index is 1260. The molecule has 3 amide bonds.